The van der Waals surface area contributed by atoms with Crippen molar-refractivity contribution in [2.45, 2.75) is 26.4 Å². The summed E-state index contributed by atoms with van der Waals surface area (Å²) in [6.07, 6.45) is 3.56. The van der Waals surface area contributed by atoms with E-state index >= 15 is 0 Å². The smallest absolute Gasteiger partial charge is 0.252 e. The van der Waals surface area contributed by atoms with Crippen molar-refractivity contribution in [3.63, 3.8) is 0 Å². The number of nitrogens with one attached hydrogen (secondary N) is 1. The zero-order valence-electron chi connectivity index (χ0n) is 17.1. The molecule has 0 aliphatic rings. The molecule has 2 amide bonds. The number of hydrogen-bond donors (Lipinski definition) is 1. The number of rotatable bonds is 8. The molecule has 160 valence electrons. The zero-order valence-corrected chi connectivity index (χ0v) is 18.7. The van der Waals surface area contributed by atoms with Crippen LogP contribution in [0.1, 0.15) is 33.5 Å². The average molecular weight is 484 g/mol. The van der Waals surface area contributed by atoms with E-state index in [0.29, 0.717) is 17.6 Å². The highest BCUT2D eigenvalue weighted by Gasteiger charge is 2.17. The number of amides is 2. The number of carbonyl (C=O) groups is 2. The van der Waals surface area contributed by atoms with E-state index in [9.17, 15) is 14.0 Å². The van der Waals surface area contributed by atoms with Crippen LogP contribution in [0.2, 0.25) is 0 Å². The van der Waals surface area contributed by atoms with Crippen molar-refractivity contribution in [3.05, 3.63) is 99.5 Å². The van der Waals surface area contributed by atoms with Crippen molar-refractivity contribution < 1.29 is 14.0 Å². The van der Waals surface area contributed by atoms with Crippen LogP contribution in [0.15, 0.2) is 71.5 Å². The molecule has 3 rings (SSSR count). The molecule has 1 N–H and O–H groups in total. The van der Waals surface area contributed by atoms with Gasteiger partial charge in [0, 0.05) is 42.9 Å². The molecule has 31 heavy (non-hydrogen) atoms. The van der Waals surface area contributed by atoms with Gasteiger partial charge < -0.3 is 10.2 Å². The van der Waals surface area contributed by atoms with Gasteiger partial charge in [0.05, 0.1) is 5.56 Å². The summed E-state index contributed by atoms with van der Waals surface area (Å²) in [5, 5.41) is 2.70. The van der Waals surface area contributed by atoms with E-state index in [4.69, 9.17) is 0 Å². The molecule has 0 spiro atoms. The first-order valence-corrected chi connectivity index (χ1v) is 10.7. The fourth-order valence-electron chi connectivity index (χ4n) is 3.15. The summed E-state index contributed by atoms with van der Waals surface area (Å²) in [6.45, 7) is 3.05. The number of aryl methyl sites for hydroxylation is 1. The van der Waals surface area contributed by atoms with E-state index in [0.717, 1.165) is 22.8 Å². The van der Waals surface area contributed by atoms with Crippen LogP contribution in [-0.4, -0.2) is 28.2 Å². The largest absolute Gasteiger partial charge is 0.351 e. The number of halogens is 2. The molecule has 0 saturated carbocycles. The SMILES string of the molecule is Cc1ccccc1CN(Cc1cccnc1)C(=O)CCNC(=O)c1cc(F)ccc1Br. The van der Waals surface area contributed by atoms with Gasteiger partial charge in [-0.3, -0.25) is 14.6 Å². The molecule has 0 unspecified atom stereocenters. The van der Waals surface area contributed by atoms with E-state index in [2.05, 4.69) is 26.2 Å². The molecule has 1 aromatic heterocycles. The van der Waals surface area contributed by atoms with E-state index in [-0.39, 0.29) is 24.4 Å². The third-order valence-electron chi connectivity index (χ3n) is 4.87. The molecule has 2 aromatic carbocycles. The quantitative estimate of drug-likeness (QED) is 0.507. The van der Waals surface area contributed by atoms with E-state index in [1.54, 1.807) is 17.3 Å². The Hall–Kier alpha value is -3.06. The minimum atomic E-state index is -0.495. The first-order valence-electron chi connectivity index (χ1n) is 9.88. The topological polar surface area (TPSA) is 62.3 Å². The Morgan fingerprint density at radius 2 is 1.90 bits per heavy atom. The molecule has 0 saturated heterocycles. The number of pyridine rings is 1. The van der Waals surface area contributed by atoms with E-state index in [1.807, 2.05) is 43.3 Å². The third-order valence-corrected chi connectivity index (χ3v) is 5.56. The Labute approximate surface area is 189 Å². The molecule has 0 aliphatic carbocycles. The first kappa shape index (κ1) is 22.6. The predicted octanol–water partition coefficient (Wildman–Crippen LogP) is 4.64. The lowest BCUT2D eigenvalue weighted by atomic mass is 10.1. The highest BCUT2D eigenvalue weighted by Crippen LogP contribution is 2.18. The molecule has 0 bridgehead atoms. The minimum Gasteiger partial charge on any atom is -0.351 e. The number of aromatic nitrogens is 1. The van der Waals surface area contributed by atoms with Crippen molar-refractivity contribution >= 4 is 27.7 Å². The maximum absolute atomic E-state index is 13.4. The number of carbonyl (C=O) groups excluding carboxylic acids is 2. The highest BCUT2D eigenvalue weighted by atomic mass is 79.9. The van der Waals surface area contributed by atoms with Crippen LogP contribution in [-0.2, 0) is 17.9 Å². The first-order chi connectivity index (χ1) is 14.9. The van der Waals surface area contributed by atoms with Gasteiger partial charge in [-0.2, -0.15) is 0 Å². The second-order valence-corrected chi connectivity index (χ2v) is 8.02. The molecule has 3 aromatic rings. The molecule has 0 atom stereocenters. The van der Waals surface area contributed by atoms with Gasteiger partial charge in [-0.15, -0.1) is 0 Å². The Morgan fingerprint density at radius 3 is 2.65 bits per heavy atom. The van der Waals surface area contributed by atoms with Crippen LogP contribution in [0.25, 0.3) is 0 Å². The van der Waals surface area contributed by atoms with E-state index in [1.165, 1.54) is 12.1 Å². The standard InChI is InChI=1S/C24H23BrFN3O2/c1-17-5-2-3-7-19(17)16-29(15-18-6-4-11-27-14-18)23(30)10-12-28-24(31)21-13-20(26)8-9-22(21)25/h2-9,11,13-14H,10,12,15-16H2,1H3,(H,28,31). The van der Waals surface area contributed by atoms with Gasteiger partial charge in [-0.25, -0.2) is 4.39 Å². The van der Waals surface area contributed by atoms with Crippen molar-refractivity contribution in [1.82, 2.24) is 15.2 Å². The van der Waals surface area contributed by atoms with Crippen molar-refractivity contribution in [1.29, 1.82) is 0 Å². The fourth-order valence-corrected chi connectivity index (χ4v) is 3.57. The molecular weight excluding hydrogens is 461 g/mol. The van der Waals surface area contributed by atoms with Gasteiger partial charge >= 0.3 is 0 Å². The van der Waals surface area contributed by atoms with Crippen LogP contribution < -0.4 is 5.32 Å². The summed E-state index contributed by atoms with van der Waals surface area (Å²) >= 11 is 3.25. The minimum absolute atomic E-state index is 0.0919. The molecule has 0 radical (unpaired) electrons. The predicted molar refractivity (Wildman–Crippen MR) is 121 cm³/mol. The van der Waals surface area contributed by atoms with Gasteiger partial charge in [0.1, 0.15) is 5.82 Å². The highest BCUT2D eigenvalue weighted by molar-refractivity contribution is 9.10. The van der Waals surface area contributed by atoms with Crippen LogP contribution in [0.3, 0.4) is 0 Å². The number of nitrogens with zero attached hydrogens (tertiary/aromatic N) is 2. The van der Waals surface area contributed by atoms with Crippen LogP contribution in [0.4, 0.5) is 4.39 Å². The Bertz CT molecular complexity index is 1060. The lowest BCUT2D eigenvalue weighted by molar-refractivity contribution is -0.132. The second-order valence-electron chi connectivity index (χ2n) is 7.17. The van der Waals surface area contributed by atoms with E-state index < -0.39 is 11.7 Å². The fraction of sp³-hybridized carbons (Fsp3) is 0.208. The van der Waals surface area contributed by atoms with Crippen LogP contribution >= 0.6 is 15.9 Å². The zero-order chi connectivity index (χ0) is 22.2. The molecule has 7 heteroatoms. The number of benzene rings is 2. The summed E-state index contributed by atoms with van der Waals surface area (Å²) in [7, 11) is 0. The number of hydrogen-bond acceptors (Lipinski definition) is 3. The Balaban J connectivity index is 1.65. The summed E-state index contributed by atoms with van der Waals surface area (Å²) in [5.41, 5.74) is 3.29. The molecule has 1 heterocycles. The molecule has 0 fully saturated rings. The Morgan fingerprint density at radius 1 is 1.10 bits per heavy atom. The second kappa shape index (κ2) is 10.8. The lowest BCUT2D eigenvalue weighted by Gasteiger charge is -2.24. The van der Waals surface area contributed by atoms with Crippen LogP contribution in [0, 0.1) is 12.7 Å². The average Bonchev–Trinajstić information content (AvgIpc) is 2.77. The van der Waals surface area contributed by atoms with Gasteiger partial charge in [0.15, 0.2) is 0 Å². The van der Waals surface area contributed by atoms with Gasteiger partial charge in [0.2, 0.25) is 5.91 Å². The summed E-state index contributed by atoms with van der Waals surface area (Å²) in [5.74, 6) is -1.02. The normalized spacial score (nSPS) is 10.5. The maximum Gasteiger partial charge on any atom is 0.252 e. The third kappa shape index (κ3) is 6.46. The van der Waals surface area contributed by atoms with Gasteiger partial charge in [0.25, 0.3) is 5.91 Å². The van der Waals surface area contributed by atoms with Crippen molar-refractivity contribution in [2.75, 3.05) is 6.54 Å². The summed E-state index contributed by atoms with van der Waals surface area (Å²) in [6, 6.07) is 15.6. The Kier molecular flexibility index (Phi) is 7.89. The molecule has 5 nitrogen and oxygen atoms in total. The monoisotopic (exact) mass is 483 g/mol. The van der Waals surface area contributed by atoms with Crippen molar-refractivity contribution in [3.8, 4) is 0 Å². The lowest BCUT2D eigenvalue weighted by Crippen LogP contribution is -2.34. The summed E-state index contributed by atoms with van der Waals surface area (Å²) in [4.78, 5) is 31.2. The van der Waals surface area contributed by atoms with Gasteiger partial charge in [-0.1, -0.05) is 30.3 Å². The molecule has 0 aliphatic heterocycles. The summed E-state index contributed by atoms with van der Waals surface area (Å²) < 4.78 is 13.9. The van der Waals surface area contributed by atoms with Crippen molar-refractivity contribution in [2.24, 2.45) is 0 Å². The van der Waals surface area contributed by atoms with Crippen LogP contribution in [0.5, 0.6) is 0 Å². The molecular formula is C24H23BrFN3O2. The maximum atomic E-state index is 13.4. The van der Waals surface area contributed by atoms with Gasteiger partial charge in [-0.05, 0) is 63.8 Å².